The number of halogens is 2. The van der Waals surface area contributed by atoms with Crippen LogP contribution in [0.4, 0.5) is 11.4 Å². The molecule has 0 aliphatic carbocycles. The van der Waals surface area contributed by atoms with Gasteiger partial charge >= 0.3 is 0 Å². The fourth-order valence-corrected chi connectivity index (χ4v) is 2.49. The Morgan fingerprint density at radius 1 is 1.32 bits per heavy atom. The van der Waals surface area contributed by atoms with Crippen LogP contribution in [0.3, 0.4) is 0 Å². The van der Waals surface area contributed by atoms with E-state index in [2.05, 4.69) is 10.2 Å². The third-order valence-corrected chi connectivity index (χ3v) is 3.41. The minimum absolute atomic E-state index is 0. The molecule has 3 rings (SSSR count). The van der Waals surface area contributed by atoms with Crippen molar-refractivity contribution in [1.82, 2.24) is 10.2 Å². The Kier molecular flexibility index (Phi) is 5.43. The van der Waals surface area contributed by atoms with Crippen molar-refractivity contribution in [3.8, 4) is 0 Å². The van der Waals surface area contributed by atoms with E-state index in [1.165, 1.54) is 0 Å². The monoisotopic (exact) mass is 304 g/mol. The molecule has 19 heavy (non-hydrogen) atoms. The fourth-order valence-electron chi connectivity index (χ4n) is 2.49. The van der Waals surface area contributed by atoms with Gasteiger partial charge in [0.15, 0.2) is 0 Å². The molecular weight excluding hydrogens is 287 g/mol. The minimum Gasteiger partial charge on any atom is -0.399 e. The van der Waals surface area contributed by atoms with Crippen molar-refractivity contribution in [3.05, 3.63) is 24.3 Å². The Morgan fingerprint density at radius 3 is 2.79 bits per heavy atom. The number of carbonyl (C=O) groups is 1. The maximum Gasteiger partial charge on any atom is 0.246 e. The summed E-state index contributed by atoms with van der Waals surface area (Å²) in [5.41, 5.74) is 7.34. The van der Waals surface area contributed by atoms with Gasteiger partial charge < -0.3 is 11.1 Å². The summed E-state index contributed by atoms with van der Waals surface area (Å²) in [6.45, 7) is 3.30. The molecule has 7 heteroatoms. The van der Waals surface area contributed by atoms with Gasteiger partial charge in [-0.25, -0.2) is 0 Å². The quantitative estimate of drug-likeness (QED) is 0.750. The topological polar surface area (TPSA) is 61.6 Å². The first-order chi connectivity index (χ1) is 8.25. The van der Waals surface area contributed by atoms with Crippen molar-refractivity contribution >= 4 is 42.1 Å². The smallest absolute Gasteiger partial charge is 0.246 e. The highest BCUT2D eigenvalue weighted by atomic mass is 35.5. The van der Waals surface area contributed by atoms with E-state index in [4.69, 9.17) is 5.73 Å². The summed E-state index contributed by atoms with van der Waals surface area (Å²) in [5.74, 6) is 0.169. The molecule has 1 atom stereocenters. The predicted molar refractivity (Wildman–Crippen MR) is 81.1 cm³/mol. The maximum atomic E-state index is 12.3. The van der Waals surface area contributed by atoms with Crippen molar-refractivity contribution in [3.63, 3.8) is 0 Å². The van der Waals surface area contributed by atoms with Crippen LogP contribution in [0.25, 0.3) is 0 Å². The van der Waals surface area contributed by atoms with Crippen LogP contribution in [0.2, 0.25) is 0 Å². The summed E-state index contributed by atoms with van der Waals surface area (Å²) in [4.78, 5) is 16.3. The highest BCUT2D eigenvalue weighted by molar-refractivity contribution is 5.99. The minimum atomic E-state index is -0.00909. The van der Waals surface area contributed by atoms with Crippen LogP contribution < -0.4 is 16.0 Å². The number of anilines is 2. The van der Waals surface area contributed by atoms with E-state index in [1.807, 2.05) is 29.2 Å². The van der Waals surface area contributed by atoms with E-state index in [1.54, 1.807) is 0 Å². The van der Waals surface area contributed by atoms with Crippen LogP contribution in [-0.2, 0) is 4.79 Å². The van der Waals surface area contributed by atoms with E-state index in [9.17, 15) is 4.79 Å². The predicted octanol–water partition coefficient (Wildman–Crippen LogP) is 0.690. The van der Waals surface area contributed by atoms with Crippen molar-refractivity contribution in [2.24, 2.45) is 0 Å². The van der Waals surface area contributed by atoms with Gasteiger partial charge in [-0.3, -0.25) is 14.6 Å². The van der Waals surface area contributed by atoms with E-state index < -0.39 is 0 Å². The Morgan fingerprint density at radius 2 is 2.11 bits per heavy atom. The molecule has 2 fully saturated rings. The maximum absolute atomic E-state index is 12.3. The van der Waals surface area contributed by atoms with Gasteiger partial charge in [-0.2, -0.15) is 0 Å². The molecule has 2 saturated heterocycles. The first kappa shape index (κ1) is 16.0. The molecule has 0 aromatic heterocycles. The molecule has 1 amide bonds. The van der Waals surface area contributed by atoms with Crippen LogP contribution in [-0.4, -0.2) is 43.2 Å². The molecule has 3 N–H and O–H groups in total. The number of rotatable bonds is 1. The molecule has 106 valence electrons. The largest absolute Gasteiger partial charge is 0.399 e. The lowest BCUT2D eigenvalue weighted by molar-refractivity contribution is -0.119. The number of nitrogens with two attached hydrogens (primary N) is 1. The van der Waals surface area contributed by atoms with Gasteiger partial charge in [0, 0.05) is 31.0 Å². The fraction of sp³-hybridized carbons (Fsp3) is 0.417. The number of nitrogens with one attached hydrogen (secondary N) is 1. The van der Waals surface area contributed by atoms with Gasteiger partial charge in [-0.1, -0.05) is 6.07 Å². The highest BCUT2D eigenvalue weighted by Crippen LogP contribution is 2.25. The summed E-state index contributed by atoms with van der Waals surface area (Å²) < 4.78 is 0. The van der Waals surface area contributed by atoms with Gasteiger partial charge in [0.25, 0.3) is 0 Å². The van der Waals surface area contributed by atoms with Crippen molar-refractivity contribution in [2.45, 2.75) is 6.04 Å². The molecule has 2 aliphatic heterocycles. The van der Waals surface area contributed by atoms with Crippen LogP contribution in [0.5, 0.6) is 0 Å². The van der Waals surface area contributed by atoms with Crippen LogP contribution >= 0.6 is 24.8 Å². The number of hydrogen-bond acceptors (Lipinski definition) is 4. The number of piperazine rings is 1. The molecule has 0 radical (unpaired) electrons. The van der Waals surface area contributed by atoms with Gasteiger partial charge in [-0.05, 0) is 18.2 Å². The van der Waals surface area contributed by atoms with E-state index in [0.717, 1.165) is 25.3 Å². The first-order valence-corrected chi connectivity index (χ1v) is 5.87. The molecule has 1 aromatic rings. The molecular formula is C12H18Cl2N4O. The average Bonchev–Trinajstić information content (AvgIpc) is 2.68. The van der Waals surface area contributed by atoms with Crippen molar-refractivity contribution in [1.29, 1.82) is 0 Å². The molecule has 0 bridgehead atoms. The van der Waals surface area contributed by atoms with Crippen LogP contribution in [0, 0.1) is 0 Å². The Hall–Kier alpha value is -1.01. The second-order valence-electron chi connectivity index (χ2n) is 4.53. The van der Waals surface area contributed by atoms with Gasteiger partial charge in [0.1, 0.15) is 6.04 Å². The van der Waals surface area contributed by atoms with Gasteiger partial charge in [0.05, 0.1) is 6.67 Å². The Balaban J connectivity index is 0.000000902. The molecule has 2 heterocycles. The summed E-state index contributed by atoms with van der Waals surface area (Å²) in [7, 11) is 0. The van der Waals surface area contributed by atoms with Gasteiger partial charge in [0.2, 0.25) is 5.91 Å². The number of carbonyl (C=O) groups excluding carboxylic acids is 1. The zero-order valence-corrected chi connectivity index (χ0v) is 12.0. The molecule has 5 nitrogen and oxygen atoms in total. The number of benzene rings is 1. The standard InChI is InChI=1S/C12H16N4O.2ClH/c13-9-2-1-3-10(6-9)16-8-15-5-4-14-7-11(15)12(16)17;;/h1-3,6,11,14H,4-5,7-8,13H2;2*1H. The molecule has 2 aliphatic rings. The summed E-state index contributed by atoms with van der Waals surface area (Å²) >= 11 is 0. The number of nitrogens with zero attached hydrogens (tertiary/aromatic N) is 2. The summed E-state index contributed by atoms with van der Waals surface area (Å²) in [5, 5.41) is 3.26. The van der Waals surface area contributed by atoms with Crippen LogP contribution in [0.1, 0.15) is 0 Å². The number of nitrogen functional groups attached to an aromatic ring is 1. The number of amides is 1. The zero-order valence-electron chi connectivity index (χ0n) is 10.4. The SMILES string of the molecule is Cl.Cl.Nc1cccc(N2CN3CCNCC3C2=O)c1. The van der Waals surface area contributed by atoms with E-state index in [-0.39, 0.29) is 36.8 Å². The third kappa shape index (κ3) is 2.95. The molecule has 1 unspecified atom stereocenters. The average molecular weight is 305 g/mol. The summed E-state index contributed by atoms with van der Waals surface area (Å²) in [6.07, 6.45) is 0. The van der Waals surface area contributed by atoms with E-state index >= 15 is 0 Å². The lowest BCUT2D eigenvalue weighted by Gasteiger charge is -2.26. The molecule has 0 spiro atoms. The Labute approximate surface area is 124 Å². The van der Waals surface area contributed by atoms with Crippen molar-refractivity contribution in [2.75, 3.05) is 36.9 Å². The first-order valence-electron chi connectivity index (χ1n) is 5.87. The third-order valence-electron chi connectivity index (χ3n) is 3.41. The zero-order chi connectivity index (χ0) is 11.8. The highest BCUT2D eigenvalue weighted by Gasteiger charge is 2.40. The van der Waals surface area contributed by atoms with Gasteiger partial charge in [-0.15, -0.1) is 24.8 Å². The number of fused-ring (bicyclic) bond motifs is 1. The number of hydrogen-bond donors (Lipinski definition) is 2. The summed E-state index contributed by atoms with van der Waals surface area (Å²) in [6, 6.07) is 7.49. The second-order valence-corrected chi connectivity index (χ2v) is 4.53. The van der Waals surface area contributed by atoms with Crippen molar-refractivity contribution < 1.29 is 4.79 Å². The second kappa shape index (κ2) is 6.43. The lowest BCUT2D eigenvalue weighted by Crippen LogP contribution is -2.50. The van der Waals surface area contributed by atoms with E-state index in [0.29, 0.717) is 12.4 Å². The Bertz CT molecular complexity index is 457. The normalized spacial score (nSPS) is 22.4. The van der Waals surface area contributed by atoms with Crippen LogP contribution in [0.15, 0.2) is 24.3 Å². The molecule has 0 saturated carbocycles. The lowest BCUT2D eigenvalue weighted by atomic mass is 10.2. The molecule has 1 aromatic carbocycles.